The Labute approximate surface area is 475 Å². The van der Waals surface area contributed by atoms with Gasteiger partial charge in [-0.2, -0.15) is 0 Å². The van der Waals surface area contributed by atoms with Gasteiger partial charge in [0, 0.05) is 80.0 Å². The van der Waals surface area contributed by atoms with Gasteiger partial charge >= 0.3 is 5.97 Å². The van der Waals surface area contributed by atoms with Gasteiger partial charge in [0.05, 0.1) is 62.1 Å². The molecule has 6 saturated carbocycles. The zero-order chi connectivity index (χ0) is 57.5. The van der Waals surface area contributed by atoms with Gasteiger partial charge in [-0.05, 0) is 106 Å². The number of carbonyl (C=O) groups is 3. The van der Waals surface area contributed by atoms with Gasteiger partial charge < -0.3 is 79.1 Å². The van der Waals surface area contributed by atoms with Crippen LogP contribution >= 0.6 is 0 Å². The summed E-state index contributed by atoms with van der Waals surface area (Å²) in [5.74, 6) is -1.93. The lowest BCUT2D eigenvalue weighted by Gasteiger charge is -2.65. The summed E-state index contributed by atoms with van der Waals surface area (Å²) in [6.45, 7) is 5.35. The second kappa shape index (κ2) is 16.7. The van der Waals surface area contributed by atoms with E-state index in [-0.39, 0.29) is 53.0 Å². The van der Waals surface area contributed by atoms with Crippen molar-refractivity contribution in [3.8, 4) is 34.5 Å². The highest BCUT2D eigenvalue weighted by atomic mass is 16.5. The van der Waals surface area contributed by atoms with Gasteiger partial charge in [0.1, 0.15) is 23.3 Å². The molecule has 5 heterocycles. The Kier molecular flexibility index (Phi) is 10.9. The lowest BCUT2D eigenvalue weighted by atomic mass is 9.47. The number of aliphatic carboxylic acids is 1. The van der Waals surface area contributed by atoms with Crippen molar-refractivity contribution in [3.05, 3.63) is 75.9 Å². The quantitative estimate of drug-likeness (QED) is 0.103. The van der Waals surface area contributed by atoms with E-state index < -0.39 is 80.9 Å². The molecular formula is C63H77N3O16+2. The molecule has 0 radical (unpaired) electrons. The Bertz CT molecular complexity index is 3360. The Morgan fingerprint density at radius 1 is 0.659 bits per heavy atom. The Morgan fingerprint density at radius 3 is 1.77 bits per heavy atom. The predicted molar refractivity (Wildman–Crippen MR) is 291 cm³/mol. The molecule has 3 unspecified atom stereocenters. The highest BCUT2D eigenvalue weighted by Crippen LogP contribution is 2.71. The molecule has 2 saturated heterocycles. The molecule has 8 fully saturated rings. The number of ketones is 2. The van der Waals surface area contributed by atoms with E-state index in [1.54, 1.807) is 18.2 Å². The fourth-order valence-corrected chi connectivity index (χ4v) is 19.5. The number of ether oxygens (including phenoxy) is 3. The van der Waals surface area contributed by atoms with E-state index in [1.807, 2.05) is 30.4 Å². The van der Waals surface area contributed by atoms with E-state index in [4.69, 9.17) is 14.2 Å². The minimum absolute atomic E-state index is 0.0244. The highest BCUT2D eigenvalue weighted by Gasteiger charge is 2.85. The van der Waals surface area contributed by atoms with Gasteiger partial charge in [0.2, 0.25) is 17.2 Å². The van der Waals surface area contributed by atoms with Crippen LogP contribution in [0.25, 0.3) is 6.08 Å². The molecule has 10 N–H and O–H groups in total. The molecule has 4 bridgehead atoms. The van der Waals surface area contributed by atoms with Crippen molar-refractivity contribution >= 4 is 23.6 Å². The maximum Gasteiger partial charge on any atom is 0.339 e. The average molecular weight is 1130 g/mol. The van der Waals surface area contributed by atoms with Gasteiger partial charge in [-0.3, -0.25) is 9.59 Å². The third-order valence-corrected chi connectivity index (χ3v) is 23.8. The van der Waals surface area contributed by atoms with Crippen LogP contribution in [0.4, 0.5) is 0 Å². The standard InChI is InChI=1S/2C21H25NO6.C21H25NO4/c1-22(9-11-2-3-11)7-6-19-15-12-4-5-13(23)16(15)28-17(19)20(26,18(24)25)10-21(19,27)14(22)8-12;1-22(9-11-2-3-11)7-6-19-15-12-4-5-13(23)16(15)28-18(19)17(24)21(26,27)10-20(19,25)14(22)8-12;1-22(12-13-2-3-13)11-10-21-17-14-4-5-15(23)18(17)26-19(21)16(24)7-9-20(21,25)8-6-14/h4-5,11,14,17,26-27H,2-3,6-10H2,1H3,(H-,23,24,25);4-5,11,14,18,25-27H,2-3,6-10H2,1H3;4-6,8,13,19,23,25H,2-3,7,9-12H2,1H3/p+2/t14-,17-,19+,20?,21-,22?;14-,18+,19+,20-,22?;19-,20-,21-/m110/s1. The number of quaternary nitrogens is 2. The number of carbonyl (C=O) groups excluding carboxylic acids is 2. The summed E-state index contributed by atoms with van der Waals surface area (Å²) < 4.78 is 19.3. The number of piperidine rings is 2. The first-order chi connectivity index (χ1) is 38.7. The number of phenolic OH excluding ortho intramolecular Hbond substituents is 3. The van der Waals surface area contributed by atoms with E-state index in [0.717, 1.165) is 73.0 Å². The number of nitrogens with zero attached hydrogens (tertiary/aromatic N) is 3. The van der Waals surface area contributed by atoms with Crippen molar-refractivity contribution in [1.29, 1.82) is 0 Å². The number of likely N-dealkylation sites (tertiary alicyclic amines) is 2. The van der Waals surface area contributed by atoms with Crippen molar-refractivity contribution in [2.24, 2.45) is 17.8 Å². The maximum absolute atomic E-state index is 13.0. The fourth-order valence-electron chi connectivity index (χ4n) is 19.5. The minimum atomic E-state index is -2.64. The second-order valence-electron chi connectivity index (χ2n) is 28.6. The fraction of sp³-hybridized carbons (Fsp3) is 0.635. The van der Waals surface area contributed by atoms with Crippen molar-refractivity contribution in [2.45, 2.75) is 171 Å². The number of hydrogen-bond donors (Lipinski definition) is 10. The van der Waals surface area contributed by atoms with E-state index in [1.165, 1.54) is 38.5 Å². The molecule has 0 amide bonds. The van der Waals surface area contributed by atoms with Crippen LogP contribution < -0.4 is 14.2 Å². The first-order valence-electron chi connectivity index (χ1n) is 30.0. The van der Waals surface area contributed by atoms with Crippen LogP contribution in [0.2, 0.25) is 0 Å². The zero-order valence-corrected chi connectivity index (χ0v) is 46.9. The second-order valence-corrected chi connectivity index (χ2v) is 28.6. The third kappa shape index (κ3) is 6.71. The van der Waals surface area contributed by atoms with Gasteiger partial charge in [-0.1, -0.05) is 30.4 Å². The van der Waals surface area contributed by atoms with Crippen LogP contribution in [0.3, 0.4) is 0 Å². The normalized spacial score (nSPS) is 42.3. The summed E-state index contributed by atoms with van der Waals surface area (Å²) in [4.78, 5) is 40.2. The third-order valence-electron chi connectivity index (χ3n) is 23.8. The molecule has 438 valence electrons. The van der Waals surface area contributed by atoms with E-state index in [9.17, 15) is 65.4 Å². The first-order valence-corrected chi connectivity index (χ1v) is 30.0. The van der Waals surface area contributed by atoms with E-state index >= 15 is 0 Å². The Hall–Kier alpha value is -5.35. The maximum atomic E-state index is 13.0. The molecule has 3 aromatic rings. The SMILES string of the molecule is CN(CC[C@]12c3c4ccc(O)c3O[C@H]1C(=O)CC[C@@]2(O)C=C4)CC1CC1.C[N+]1(CC2CC2)CC[C@]23c4c5ccc(O)c4O[C@H]2C(=O)C(O)(O)C[C@@]3(O)[C@H]1C5.C[N+]1(CC2CC2)CC[C@]23c4c5ccc(O)c4O[C@H]2C(O)(C(=O)O)C[C@@]3(O)[C@H]1C5. The molecular weight excluding hydrogens is 1050 g/mol. The molecule has 19 nitrogen and oxygen atoms in total. The van der Waals surface area contributed by atoms with Crippen LogP contribution in [0.1, 0.15) is 117 Å². The first kappa shape index (κ1) is 53.4. The summed E-state index contributed by atoms with van der Waals surface area (Å²) in [7, 11) is 6.43. The average Bonchev–Trinajstić information content (AvgIpc) is 1.40. The number of phenols is 3. The van der Waals surface area contributed by atoms with Gasteiger partial charge in [-0.25, -0.2) is 4.79 Å². The van der Waals surface area contributed by atoms with Crippen molar-refractivity contribution < 1.29 is 88.6 Å². The molecule has 19 heteroatoms. The number of Topliss-reactive ketones (excluding diaryl/α,β-unsaturated/α-hetero) is 2. The van der Waals surface area contributed by atoms with E-state index in [2.05, 4.69) is 26.0 Å². The summed E-state index contributed by atoms with van der Waals surface area (Å²) in [6.07, 6.45) is 11.1. The van der Waals surface area contributed by atoms with Crippen LogP contribution in [0.5, 0.6) is 34.5 Å². The summed E-state index contributed by atoms with van der Waals surface area (Å²) >= 11 is 0. The Balaban J connectivity index is 0.000000105. The van der Waals surface area contributed by atoms with Crippen molar-refractivity contribution in [1.82, 2.24) is 4.90 Å². The summed E-state index contributed by atoms with van der Waals surface area (Å²) in [5.41, 5.74) is -3.85. The summed E-state index contributed by atoms with van der Waals surface area (Å²) in [5, 5.41) is 109. The molecule has 14 aliphatic rings. The lowest BCUT2D eigenvalue weighted by Crippen LogP contribution is -2.83. The molecule has 2 spiro atoms. The molecule has 17 rings (SSSR count). The number of hydrogen-bond acceptors (Lipinski definition) is 16. The highest BCUT2D eigenvalue weighted by molar-refractivity contribution is 5.95. The summed E-state index contributed by atoms with van der Waals surface area (Å²) in [6, 6.07) is 9.89. The van der Waals surface area contributed by atoms with Gasteiger partial charge in [-0.15, -0.1) is 0 Å². The molecule has 0 aromatic heterocycles. The lowest BCUT2D eigenvalue weighted by molar-refractivity contribution is -0.950. The predicted octanol–water partition coefficient (Wildman–Crippen LogP) is 2.73. The van der Waals surface area contributed by atoms with Crippen molar-refractivity contribution in [3.63, 3.8) is 0 Å². The van der Waals surface area contributed by atoms with Crippen LogP contribution in [0, 0.1) is 17.8 Å². The number of aromatic hydroxyl groups is 3. The van der Waals surface area contributed by atoms with Crippen LogP contribution in [-0.2, 0) is 43.5 Å². The number of aliphatic hydroxyl groups is 6. The number of benzene rings is 3. The topological polar surface area (TPSA) is 284 Å². The van der Waals surface area contributed by atoms with Gasteiger partial charge in [0.15, 0.2) is 58.6 Å². The number of carboxylic acids is 1. The molecule has 5 aliphatic heterocycles. The van der Waals surface area contributed by atoms with E-state index in [0.29, 0.717) is 77.1 Å². The smallest absolute Gasteiger partial charge is 0.339 e. The van der Waals surface area contributed by atoms with Crippen LogP contribution in [0.15, 0.2) is 42.5 Å². The zero-order valence-electron chi connectivity index (χ0n) is 46.9. The van der Waals surface area contributed by atoms with Gasteiger partial charge in [0.25, 0.3) is 0 Å². The minimum Gasteiger partial charge on any atom is -0.504 e. The number of likely N-dealkylation sites (N-methyl/N-ethyl adjacent to an activating group) is 2. The Morgan fingerprint density at radius 2 is 1.18 bits per heavy atom. The molecule has 14 atom stereocenters. The molecule has 82 heavy (non-hydrogen) atoms. The number of rotatable bonds is 10. The molecule has 9 aliphatic carbocycles. The molecule has 3 aromatic carbocycles. The van der Waals surface area contributed by atoms with Crippen LogP contribution in [-0.4, -0.2) is 201 Å². The monoisotopic (exact) mass is 1130 g/mol. The largest absolute Gasteiger partial charge is 0.504 e. The van der Waals surface area contributed by atoms with Crippen molar-refractivity contribution in [2.75, 3.05) is 60.4 Å². The number of carboxylic acid groups (broad SMARTS) is 1.